The van der Waals surface area contributed by atoms with E-state index >= 15 is 0 Å². The summed E-state index contributed by atoms with van der Waals surface area (Å²) in [4.78, 5) is 18.1. The SMILES string of the molecule is CCCc1cc(C(=O)O)cc(N2CCCC2CC)n1. The Kier molecular flexibility index (Phi) is 4.40. The second kappa shape index (κ2) is 6.04. The molecule has 2 rings (SSSR count). The number of aryl methyl sites for hydroxylation is 1. The van der Waals surface area contributed by atoms with Crippen molar-refractivity contribution in [3.63, 3.8) is 0 Å². The van der Waals surface area contributed by atoms with Gasteiger partial charge >= 0.3 is 5.97 Å². The van der Waals surface area contributed by atoms with Crippen LogP contribution < -0.4 is 4.90 Å². The summed E-state index contributed by atoms with van der Waals surface area (Å²) >= 11 is 0. The molecular weight excluding hydrogens is 240 g/mol. The Morgan fingerprint density at radius 2 is 2.26 bits per heavy atom. The first kappa shape index (κ1) is 13.8. The van der Waals surface area contributed by atoms with E-state index in [0.29, 0.717) is 11.6 Å². The van der Waals surface area contributed by atoms with Gasteiger partial charge in [-0.05, 0) is 37.8 Å². The lowest BCUT2D eigenvalue weighted by molar-refractivity contribution is 0.0696. The van der Waals surface area contributed by atoms with E-state index in [1.807, 2.05) is 0 Å². The lowest BCUT2D eigenvalue weighted by Crippen LogP contribution is -2.29. The van der Waals surface area contributed by atoms with Gasteiger partial charge in [0.25, 0.3) is 0 Å². The third-order valence-corrected chi connectivity index (χ3v) is 3.76. The van der Waals surface area contributed by atoms with Crippen LogP contribution in [0.2, 0.25) is 0 Å². The van der Waals surface area contributed by atoms with Gasteiger partial charge in [0.05, 0.1) is 5.56 Å². The Balaban J connectivity index is 2.35. The van der Waals surface area contributed by atoms with Crippen LogP contribution in [0.5, 0.6) is 0 Å². The normalized spacial score (nSPS) is 18.8. The smallest absolute Gasteiger partial charge is 0.335 e. The van der Waals surface area contributed by atoms with Crippen molar-refractivity contribution < 1.29 is 9.90 Å². The van der Waals surface area contributed by atoms with Crippen LogP contribution in [0.4, 0.5) is 5.82 Å². The Bertz CT molecular complexity index is 459. The maximum Gasteiger partial charge on any atom is 0.335 e. The molecule has 1 aliphatic rings. The molecule has 4 nitrogen and oxygen atoms in total. The Labute approximate surface area is 114 Å². The molecule has 1 unspecified atom stereocenters. The standard InChI is InChI=1S/C15H22N2O2/c1-3-6-12-9-11(15(18)19)10-14(16-12)17-8-5-7-13(17)4-2/h9-10,13H,3-8H2,1-2H3,(H,18,19). The summed E-state index contributed by atoms with van der Waals surface area (Å²) in [6.45, 7) is 5.25. The number of aromatic nitrogens is 1. The monoisotopic (exact) mass is 262 g/mol. The molecule has 0 spiro atoms. The molecule has 2 heterocycles. The highest BCUT2D eigenvalue weighted by molar-refractivity contribution is 5.88. The quantitative estimate of drug-likeness (QED) is 0.885. The molecule has 1 atom stereocenters. The van der Waals surface area contributed by atoms with Crippen LogP contribution in [0.3, 0.4) is 0 Å². The van der Waals surface area contributed by atoms with Crippen molar-refractivity contribution >= 4 is 11.8 Å². The van der Waals surface area contributed by atoms with Crippen molar-refractivity contribution in [1.82, 2.24) is 4.98 Å². The molecule has 0 radical (unpaired) electrons. The summed E-state index contributed by atoms with van der Waals surface area (Å²) in [5, 5.41) is 9.22. The predicted octanol–water partition coefficient (Wildman–Crippen LogP) is 3.11. The minimum Gasteiger partial charge on any atom is -0.478 e. The van der Waals surface area contributed by atoms with E-state index in [-0.39, 0.29) is 0 Å². The Hall–Kier alpha value is -1.58. The van der Waals surface area contributed by atoms with Gasteiger partial charge in [-0.25, -0.2) is 9.78 Å². The molecular formula is C15H22N2O2. The second-order valence-electron chi connectivity index (χ2n) is 5.16. The molecule has 0 bridgehead atoms. The summed E-state index contributed by atoms with van der Waals surface area (Å²) in [5.74, 6) is -0.0269. The number of anilines is 1. The molecule has 104 valence electrons. The highest BCUT2D eigenvalue weighted by Crippen LogP contribution is 2.27. The van der Waals surface area contributed by atoms with Crippen LogP contribution in [0.25, 0.3) is 0 Å². The second-order valence-corrected chi connectivity index (χ2v) is 5.16. The average Bonchev–Trinajstić information content (AvgIpc) is 2.87. The fraction of sp³-hybridized carbons (Fsp3) is 0.600. The molecule has 1 saturated heterocycles. The van der Waals surface area contributed by atoms with Crippen molar-refractivity contribution in [2.45, 2.75) is 52.0 Å². The van der Waals surface area contributed by atoms with E-state index in [2.05, 4.69) is 23.7 Å². The summed E-state index contributed by atoms with van der Waals surface area (Å²) in [6, 6.07) is 3.92. The largest absolute Gasteiger partial charge is 0.478 e. The van der Waals surface area contributed by atoms with Gasteiger partial charge < -0.3 is 10.0 Å². The van der Waals surface area contributed by atoms with Crippen molar-refractivity contribution in [3.05, 3.63) is 23.4 Å². The highest BCUT2D eigenvalue weighted by atomic mass is 16.4. The summed E-state index contributed by atoms with van der Waals surface area (Å²) in [5.41, 5.74) is 1.24. The van der Waals surface area contributed by atoms with Crippen molar-refractivity contribution in [1.29, 1.82) is 0 Å². The average molecular weight is 262 g/mol. The molecule has 0 aromatic carbocycles. The van der Waals surface area contributed by atoms with Crippen LogP contribution in [0.1, 0.15) is 55.6 Å². The number of hydrogen-bond donors (Lipinski definition) is 1. The van der Waals surface area contributed by atoms with Gasteiger partial charge in [-0.2, -0.15) is 0 Å². The predicted molar refractivity (Wildman–Crippen MR) is 75.9 cm³/mol. The van der Waals surface area contributed by atoms with Gasteiger partial charge in [-0.15, -0.1) is 0 Å². The molecule has 1 N–H and O–H groups in total. The fourth-order valence-corrected chi connectivity index (χ4v) is 2.79. The lowest BCUT2D eigenvalue weighted by atomic mass is 10.1. The lowest BCUT2D eigenvalue weighted by Gasteiger charge is -2.25. The van der Waals surface area contributed by atoms with Gasteiger partial charge in [-0.3, -0.25) is 0 Å². The zero-order valence-electron chi connectivity index (χ0n) is 11.7. The minimum atomic E-state index is -0.867. The molecule has 1 fully saturated rings. The van der Waals surface area contributed by atoms with E-state index < -0.39 is 5.97 Å². The maximum atomic E-state index is 11.2. The van der Waals surface area contributed by atoms with Gasteiger partial charge in [0, 0.05) is 18.3 Å². The number of nitrogens with zero attached hydrogens (tertiary/aromatic N) is 2. The van der Waals surface area contributed by atoms with E-state index in [9.17, 15) is 9.90 Å². The minimum absolute atomic E-state index is 0.357. The van der Waals surface area contributed by atoms with Gasteiger partial charge in [-0.1, -0.05) is 20.3 Å². The Morgan fingerprint density at radius 3 is 2.89 bits per heavy atom. The molecule has 19 heavy (non-hydrogen) atoms. The van der Waals surface area contributed by atoms with Gasteiger partial charge in [0.2, 0.25) is 0 Å². The summed E-state index contributed by atoms with van der Waals surface area (Å²) < 4.78 is 0. The molecule has 0 saturated carbocycles. The van der Waals surface area contributed by atoms with Crippen LogP contribution in [-0.2, 0) is 6.42 Å². The highest BCUT2D eigenvalue weighted by Gasteiger charge is 2.25. The van der Waals surface area contributed by atoms with Gasteiger partial charge in [0.1, 0.15) is 5.82 Å². The van der Waals surface area contributed by atoms with Gasteiger partial charge in [0.15, 0.2) is 0 Å². The molecule has 0 amide bonds. The van der Waals surface area contributed by atoms with E-state index in [1.54, 1.807) is 12.1 Å². The van der Waals surface area contributed by atoms with Crippen LogP contribution in [-0.4, -0.2) is 28.6 Å². The first-order valence-corrected chi connectivity index (χ1v) is 7.16. The van der Waals surface area contributed by atoms with Crippen LogP contribution >= 0.6 is 0 Å². The van der Waals surface area contributed by atoms with E-state index in [0.717, 1.165) is 37.3 Å². The van der Waals surface area contributed by atoms with Crippen molar-refractivity contribution in [2.75, 3.05) is 11.4 Å². The number of carboxylic acid groups (broad SMARTS) is 1. The zero-order chi connectivity index (χ0) is 13.8. The van der Waals surface area contributed by atoms with Crippen LogP contribution in [0.15, 0.2) is 12.1 Å². The third-order valence-electron chi connectivity index (χ3n) is 3.76. The van der Waals surface area contributed by atoms with Crippen molar-refractivity contribution in [3.8, 4) is 0 Å². The third kappa shape index (κ3) is 3.06. The topological polar surface area (TPSA) is 53.4 Å². The van der Waals surface area contributed by atoms with Crippen LogP contribution in [0, 0.1) is 0 Å². The number of carboxylic acids is 1. The first-order chi connectivity index (χ1) is 9.15. The molecule has 0 aliphatic carbocycles. The number of aromatic carboxylic acids is 1. The maximum absolute atomic E-state index is 11.2. The Morgan fingerprint density at radius 1 is 1.47 bits per heavy atom. The first-order valence-electron chi connectivity index (χ1n) is 7.16. The van der Waals surface area contributed by atoms with E-state index in [1.165, 1.54) is 12.8 Å². The number of carbonyl (C=O) groups is 1. The zero-order valence-corrected chi connectivity index (χ0v) is 11.7. The molecule has 1 aliphatic heterocycles. The number of hydrogen-bond acceptors (Lipinski definition) is 3. The summed E-state index contributed by atoms with van der Waals surface area (Å²) in [7, 11) is 0. The van der Waals surface area contributed by atoms with E-state index in [4.69, 9.17) is 0 Å². The molecule has 4 heteroatoms. The van der Waals surface area contributed by atoms with Crippen molar-refractivity contribution in [2.24, 2.45) is 0 Å². The number of rotatable bonds is 5. The molecule has 1 aromatic rings. The molecule has 1 aromatic heterocycles. The number of pyridine rings is 1. The fourth-order valence-electron chi connectivity index (χ4n) is 2.79. The summed E-state index contributed by atoms with van der Waals surface area (Å²) in [6.07, 6.45) is 5.24.